The van der Waals surface area contributed by atoms with Crippen LogP contribution in [0, 0.1) is 5.92 Å². The normalized spacial score (nSPS) is 24.2. The van der Waals surface area contributed by atoms with Crippen LogP contribution in [0.4, 0.5) is 0 Å². The molecule has 0 radical (unpaired) electrons. The van der Waals surface area contributed by atoms with Crippen molar-refractivity contribution in [2.75, 3.05) is 6.54 Å². The molecule has 2 heterocycles. The van der Waals surface area contributed by atoms with Gasteiger partial charge in [-0.2, -0.15) is 8.42 Å². The number of amides is 2. The van der Waals surface area contributed by atoms with Gasteiger partial charge in [-0.25, -0.2) is 9.29 Å². The molecule has 0 saturated carbocycles. The molecule has 2 amide bonds. The van der Waals surface area contributed by atoms with Crippen molar-refractivity contribution in [1.82, 2.24) is 14.6 Å². The number of hydrogen-bond donors (Lipinski definition) is 3. The highest BCUT2D eigenvalue weighted by Gasteiger charge is 2.40. The summed E-state index contributed by atoms with van der Waals surface area (Å²) in [6.07, 6.45) is 1.14. The van der Waals surface area contributed by atoms with Gasteiger partial charge < -0.3 is 16.2 Å². The van der Waals surface area contributed by atoms with Gasteiger partial charge in [-0.3, -0.25) is 9.59 Å². The van der Waals surface area contributed by atoms with Gasteiger partial charge in [0.05, 0.1) is 12.1 Å². The molecule has 1 aromatic rings. The average molecular weight is 413 g/mol. The number of primary amides is 1. The van der Waals surface area contributed by atoms with E-state index in [1.54, 1.807) is 13.0 Å². The zero-order valence-electron chi connectivity index (χ0n) is 16.1. The predicted octanol–water partition coefficient (Wildman–Crippen LogP) is 0.00190. The summed E-state index contributed by atoms with van der Waals surface area (Å²) in [6, 6.07) is 3.58. The molecule has 0 spiro atoms. The minimum absolute atomic E-state index is 0.0871. The van der Waals surface area contributed by atoms with Gasteiger partial charge in [-0.05, 0) is 38.3 Å². The topological polar surface area (TPSA) is 143 Å². The number of carbonyl (C=O) groups excluding carboxylic acids is 2. The molecule has 1 saturated heterocycles. The van der Waals surface area contributed by atoms with Gasteiger partial charge in [0.25, 0.3) is 10.0 Å². The van der Waals surface area contributed by atoms with Crippen LogP contribution in [-0.2, 0) is 19.6 Å². The fourth-order valence-corrected chi connectivity index (χ4v) is 4.74. The molecule has 0 bridgehead atoms. The lowest BCUT2D eigenvalue weighted by atomic mass is 10.0. The molecular weight excluding hydrogens is 384 g/mol. The maximum Gasteiger partial charge on any atom is 0.284 e. The second kappa shape index (κ2) is 9.44. The van der Waals surface area contributed by atoms with Crippen molar-refractivity contribution >= 4 is 21.8 Å². The first-order valence-corrected chi connectivity index (χ1v) is 10.8. The average Bonchev–Trinajstić information content (AvgIpc) is 2.82. The van der Waals surface area contributed by atoms with Crippen LogP contribution in [0.1, 0.15) is 39.5 Å². The van der Waals surface area contributed by atoms with E-state index < -0.39 is 39.9 Å². The number of pyridine rings is 1. The molecule has 1 aromatic heterocycles. The summed E-state index contributed by atoms with van der Waals surface area (Å²) >= 11 is 0. The summed E-state index contributed by atoms with van der Waals surface area (Å²) in [5.41, 5.74) is 5.24. The number of β-amino-alcohol motifs (C(OH)–C–C–N with tert-alkyl or cyclic N) is 1. The van der Waals surface area contributed by atoms with Crippen molar-refractivity contribution in [3.05, 3.63) is 24.4 Å². The molecule has 10 heteroatoms. The Bertz CT molecular complexity index is 786. The summed E-state index contributed by atoms with van der Waals surface area (Å²) in [7, 11) is -4.27. The lowest BCUT2D eigenvalue weighted by Crippen LogP contribution is -2.51. The smallest absolute Gasteiger partial charge is 0.284 e. The van der Waals surface area contributed by atoms with Crippen molar-refractivity contribution in [3.63, 3.8) is 0 Å². The third-order valence-electron chi connectivity index (χ3n) is 5.00. The van der Waals surface area contributed by atoms with Crippen molar-refractivity contribution in [2.24, 2.45) is 11.7 Å². The van der Waals surface area contributed by atoms with E-state index in [9.17, 15) is 23.1 Å². The zero-order valence-corrected chi connectivity index (χ0v) is 16.9. The molecule has 0 aliphatic carbocycles. The molecule has 1 aliphatic rings. The SMILES string of the molecule is C[C@@H]1CC[C@@H](N(C(=O)CC[C@@H](C)C(N)=O)S(=O)(=O)c2ccccn2)[C@@H](O)CN1. The van der Waals surface area contributed by atoms with E-state index in [0.717, 1.165) is 4.31 Å². The van der Waals surface area contributed by atoms with Crippen molar-refractivity contribution in [1.29, 1.82) is 0 Å². The molecule has 9 nitrogen and oxygen atoms in total. The van der Waals surface area contributed by atoms with Crippen LogP contribution in [-0.4, -0.2) is 59.4 Å². The van der Waals surface area contributed by atoms with Crippen molar-refractivity contribution in [2.45, 2.75) is 62.7 Å². The van der Waals surface area contributed by atoms with Crippen LogP contribution in [0.5, 0.6) is 0 Å². The molecule has 1 fully saturated rings. The van der Waals surface area contributed by atoms with Gasteiger partial charge in [0.15, 0.2) is 5.03 Å². The van der Waals surface area contributed by atoms with Gasteiger partial charge >= 0.3 is 0 Å². The third-order valence-corrected chi connectivity index (χ3v) is 6.76. The Morgan fingerprint density at radius 2 is 2.11 bits per heavy atom. The van der Waals surface area contributed by atoms with Crippen LogP contribution in [0.15, 0.2) is 29.4 Å². The minimum Gasteiger partial charge on any atom is -0.390 e. The van der Waals surface area contributed by atoms with Crippen LogP contribution in [0.25, 0.3) is 0 Å². The van der Waals surface area contributed by atoms with Crippen molar-refractivity contribution < 1.29 is 23.1 Å². The standard InChI is InChI=1S/C18H28N4O5S/c1-12(18(19)25)6-9-17(24)22(14-8-7-13(2)21-11-15(14)23)28(26,27)16-5-3-4-10-20-16/h3-5,10,12-15,21,23H,6-9,11H2,1-2H3,(H2,19,25)/t12-,13-,14-,15+/m1/s1. The molecule has 28 heavy (non-hydrogen) atoms. The monoisotopic (exact) mass is 412 g/mol. The Kier molecular flexibility index (Phi) is 7.50. The number of nitrogens with two attached hydrogens (primary N) is 1. The highest BCUT2D eigenvalue weighted by atomic mass is 32.2. The fourth-order valence-electron chi connectivity index (χ4n) is 3.14. The predicted molar refractivity (Wildman–Crippen MR) is 102 cm³/mol. The van der Waals surface area contributed by atoms with Crippen molar-refractivity contribution in [3.8, 4) is 0 Å². The van der Waals surface area contributed by atoms with E-state index in [4.69, 9.17) is 5.73 Å². The molecule has 0 aromatic carbocycles. The number of sulfonamides is 1. The number of carbonyl (C=O) groups is 2. The molecule has 4 atom stereocenters. The first-order valence-electron chi connectivity index (χ1n) is 9.33. The van der Waals surface area contributed by atoms with E-state index in [-0.39, 0.29) is 30.5 Å². The fraction of sp³-hybridized carbons (Fsp3) is 0.611. The van der Waals surface area contributed by atoms with E-state index in [0.29, 0.717) is 12.8 Å². The second-order valence-corrected chi connectivity index (χ2v) is 8.99. The number of nitrogens with zero attached hydrogens (tertiary/aromatic N) is 2. The summed E-state index contributed by atoms with van der Waals surface area (Å²) in [4.78, 5) is 28.1. The molecule has 156 valence electrons. The second-order valence-electron chi connectivity index (χ2n) is 7.23. The maximum atomic E-state index is 13.2. The van der Waals surface area contributed by atoms with E-state index in [2.05, 4.69) is 10.3 Å². The van der Waals surface area contributed by atoms with Gasteiger partial charge in [-0.1, -0.05) is 13.0 Å². The van der Waals surface area contributed by atoms with E-state index in [1.165, 1.54) is 18.3 Å². The van der Waals surface area contributed by atoms with Gasteiger partial charge in [0.1, 0.15) is 0 Å². The third kappa shape index (κ3) is 5.27. The van der Waals surface area contributed by atoms with E-state index >= 15 is 0 Å². The Labute approximate surface area is 165 Å². The van der Waals surface area contributed by atoms with Crippen LogP contribution in [0.2, 0.25) is 0 Å². The highest BCUT2D eigenvalue weighted by molar-refractivity contribution is 7.89. The number of aliphatic hydroxyl groups is 1. The van der Waals surface area contributed by atoms with Crippen LogP contribution in [0.3, 0.4) is 0 Å². The summed E-state index contributed by atoms with van der Waals surface area (Å²) in [5, 5.41) is 13.4. The largest absolute Gasteiger partial charge is 0.390 e. The number of rotatable bonds is 7. The number of aromatic nitrogens is 1. The van der Waals surface area contributed by atoms with Crippen LogP contribution >= 0.6 is 0 Å². The molecular formula is C18H28N4O5S. The number of hydrogen-bond acceptors (Lipinski definition) is 7. The summed E-state index contributed by atoms with van der Waals surface area (Å²) in [5.74, 6) is -1.80. The Balaban J connectivity index is 2.37. The lowest BCUT2D eigenvalue weighted by Gasteiger charge is -2.33. The van der Waals surface area contributed by atoms with Gasteiger partial charge in [-0.15, -0.1) is 0 Å². The minimum atomic E-state index is -4.27. The van der Waals surface area contributed by atoms with Crippen LogP contribution < -0.4 is 11.1 Å². The molecule has 0 unspecified atom stereocenters. The Morgan fingerprint density at radius 1 is 1.39 bits per heavy atom. The first-order chi connectivity index (χ1) is 13.1. The van der Waals surface area contributed by atoms with Gasteiger partial charge in [0, 0.05) is 31.1 Å². The zero-order chi connectivity index (χ0) is 20.9. The number of aliphatic hydroxyl groups excluding tert-OH is 1. The number of nitrogens with one attached hydrogen (secondary N) is 1. The maximum absolute atomic E-state index is 13.2. The molecule has 2 rings (SSSR count). The van der Waals surface area contributed by atoms with Gasteiger partial charge in [0.2, 0.25) is 11.8 Å². The first kappa shape index (κ1) is 22.3. The summed E-state index contributed by atoms with van der Waals surface area (Å²) < 4.78 is 27.2. The summed E-state index contributed by atoms with van der Waals surface area (Å²) in [6.45, 7) is 3.69. The molecule has 4 N–H and O–H groups in total. The highest BCUT2D eigenvalue weighted by Crippen LogP contribution is 2.25. The Hall–Kier alpha value is -2.04. The van der Waals surface area contributed by atoms with E-state index in [1.807, 2.05) is 6.92 Å². The molecule has 1 aliphatic heterocycles. The lowest BCUT2D eigenvalue weighted by molar-refractivity contribution is -0.130. The quantitative estimate of drug-likeness (QED) is 0.572. The Morgan fingerprint density at radius 3 is 2.71 bits per heavy atom.